The second-order valence-corrected chi connectivity index (χ2v) is 4.58. The Balaban J connectivity index is 2.23. The number of terminal acetylenes is 1. The summed E-state index contributed by atoms with van der Waals surface area (Å²) in [7, 11) is 0. The highest BCUT2D eigenvalue weighted by Crippen LogP contribution is 2.10. The van der Waals surface area contributed by atoms with Crippen LogP contribution >= 0.6 is 23.1 Å². The van der Waals surface area contributed by atoms with Crippen molar-refractivity contribution < 1.29 is 4.79 Å². The molecule has 1 aromatic heterocycles. The van der Waals surface area contributed by atoms with Crippen LogP contribution in [0.25, 0.3) is 0 Å². The molecule has 0 fully saturated rings. The van der Waals surface area contributed by atoms with E-state index in [1.807, 2.05) is 0 Å². The van der Waals surface area contributed by atoms with Crippen LogP contribution in [0.1, 0.15) is 10.5 Å². The first-order valence-electron chi connectivity index (χ1n) is 4.24. The van der Waals surface area contributed by atoms with Crippen molar-refractivity contribution in [1.82, 2.24) is 10.3 Å². The average molecular weight is 241 g/mol. The molecule has 0 saturated carbocycles. The molecule has 0 radical (unpaired) electrons. The number of amides is 1. The summed E-state index contributed by atoms with van der Waals surface area (Å²) in [6, 6.07) is 0. The van der Waals surface area contributed by atoms with E-state index in [2.05, 4.69) is 16.2 Å². The lowest BCUT2D eigenvalue weighted by Gasteiger charge is -2.01. The van der Waals surface area contributed by atoms with Gasteiger partial charge >= 0.3 is 0 Å². The van der Waals surface area contributed by atoms with Gasteiger partial charge in [-0.15, -0.1) is 29.5 Å². The summed E-state index contributed by atoms with van der Waals surface area (Å²) < 4.78 is 0. The van der Waals surface area contributed by atoms with E-state index in [-0.39, 0.29) is 5.91 Å². The number of anilines is 1. The molecule has 1 rings (SSSR count). The first-order chi connectivity index (χ1) is 7.24. The topological polar surface area (TPSA) is 68.0 Å². The van der Waals surface area contributed by atoms with E-state index in [0.29, 0.717) is 23.1 Å². The molecule has 1 amide bonds. The van der Waals surface area contributed by atoms with Crippen LogP contribution in [0.3, 0.4) is 0 Å². The van der Waals surface area contributed by atoms with Crippen LogP contribution in [0, 0.1) is 12.3 Å². The van der Waals surface area contributed by atoms with Crippen LogP contribution in [0.5, 0.6) is 0 Å². The number of thioether (sulfide) groups is 1. The number of nitrogens with zero attached hydrogens (tertiary/aromatic N) is 1. The fourth-order valence-electron chi connectivity index (χ4n) is 0.850. The molecule has 0 saturated heterocycles. The Morgan fingerprint density at radius 2 is 2.60 bits per heavy atom. The molecular weight excluding hydrogens is 230 g/mol. The molecule has 0 unspecified atom stereocenters. The highest BCUT2D eigenvalue weighted by molar-refractivity contribution is 7.99. The van der Waals surface area contributed by atoms with Crippen molar-refractivity contribution in [3.05, 3.63) is 11.1 Å². The molecule has 0 aliphatic carbocycles. The smallest absolute Gasteiger partial charge is 0.270 e. The van der Waals surface area contributed by atoms with Crippen LogP contribution in [-0.4, -0.2) is 28.9 Å². The van der Waals surface area contributed by atoms with Crippen LogP contribution in [0.2, 0.25) is 0 Å². The van der Waals surface area contributed by atoms with E-state index in [9.17, 15) is 4.79 Å². The summed E-state index contributed by atoms with van der Waals surface area (Å²) in [6.07, 6.45) is 5.08. The fourth-order valence-corrected chi connectivity index (χ4v) is 1.90. The highest BCUT2D eigenvalue weighted by Gasteiger charge is 2.07. The van der Waals surface area contributed by atoms with Gasteiger partial charge in [0.05, 0.1) is 5.75 Å². The summed E-state index contributed by atoms with van der Waals surface area (Å²) >= 11 is 2.86. The molecular formula is C9H11N3OS2. The third-order valence-electron chi connectivity index (χ3n) is 1.47. The minimum Gasteiger partial charge on any atom is -0.375 e. The average Bonchev–Trinajstić information content (AvgIpc) is 2.64. The highest BCUT2D eigenvalue weighted by atomic mass is 32.2. The van der Waals surface area contributed by atoms with Crippen molar-refractivity contribution in [2.45, 2.75) is 0 Å². The largest absolute Gasteiger partial charge is 0.375 e. The molecule has 0 aliphatic rings. The van der Waals surface area contributed by atoms with Crippen molar-refractivity contribution in [2.75, 3.05) is 23.8 Å². The minimum absolute atomic E-state index is 0.191. The third kappa shape index (κ3) is 4.23. The van der Waals surface area contributed by atoms with E-state index in [1.54, 1.807) is 17.1 Å². The number of nitrogens with one attached hydrogen (secondary N) is 1. The van der Waals surface area contributed by atoms with Gasteiger partial charge in [0, 0.05) is 17.7 Å². The molecule has 0 bridgehead atoms. The van der Waals surface area contributed by atoms with Crippen molar-refractivity contribution in [1.29, 1.82) is 0 Å². The Morgan fingerprint density at radius 1 is 1.80 bits per heavy atom. The molecule has 4 nitrogen and oxygen atoms in total. The van der Waals surface area contributed by atoms with Crippen molar-refractivity contribution >= 4 is 34.1 Å². The van der Waals surface area contributed by atoms with Gasteiger partial charge in [0.15, 0.2) is 5.13 Å². The number of carbonyl (C=O) groups excluding carboxylic acids is 1. The van der Waals surface area contributed by atoms with Crippen LogP contribution < -0.4 is 11.1 Å². The van der Waals surface area contributed by atoms with Crippen LogP contribution in [0.15, 0.2) is 5.38 Å². The summed E-state index contributed by atoms with van der Waals surface area (Å²) in [5, 5.41) is 4.77. The number of aromatic nitrogens is 1. The standard InChI is InChI=1S/C9H11N3OS2/c1-2-4-14-5-3-11-8(13)7-6-15-9(10)12-7/h1,6H,3-5H2,(H2,10,12)(H,11,13). The Labute approximate surface area is 96.7 Å². The lowest BCUT2D eigenvalue weighted by atomic mass is 10.4. The van der Waals surface area contributed by atoms with Gasteiger partial charge in [0.25, 0.3) is 5.91 Å². The van der Waals surface area contributed by atoms with Gasteiger partial charge in [-0.3, -0.25) is 4.79 Å². The van der Waals surface area contributed by atoms with Crippen molar-refractivity contribution in [2.24, 2.45) is 0 Å². The number of carbonyl (C=O) groups is 1. The molecule has 6 heteroatoms. The molecule has 3 N–H and O–H groups in total. The van der Waals surface area contributed by atoms with E-state index < -0.39 is 0 Å². The Hall–Kier alpha value is -1.19. The summed E-state index contributed by atoms with van der Waals surface area (Å²) in [6.45, 7) is 0.586. The van der Waals surface area contributed by atoms with Crippen LogP contribution in [0.4, 0.5) is 5.13 Å². The quantitative estimate of drug-likeness (QED) is 0.591. The first kappa shape index (κ1) is 11.9. The molecule has 0 aliphatic heterocycles. The predicted octanol–water partition coefficient (Wildman–Crippen LogP) is 0.822. The van der Waals surface area contributed by atoms with Gasteiger partial charge in [-0.2, -0.15) is 0 Å². The van der Waals surface area contributed by atoms with E-state index in [4.69, 9.17) is 12.2 Å². The summed E-state index contributed by atoms with van der Waals surface area (Å²) in [4.78, 5) is 15.3. The monoisotopic (exact) mass is 241 g/mol. The predicted molar refractivity (Wildman–Crippen MR) is 65.0 cm³/mol. The lowest BCUT2D eigenvalue weighted by molar-refractivity contribution is 0.0952. The minimum atomic E-state index is -0.191. The number of thiazole rings is 1. The number of rotatable bonds is 5. The number of hydrogen-bond acceptors (Lipinski definition) is 5. The van der Waals surface area contributed by atoms with Gasteiger partial charge < -0.3 is 11.1 Å². The summed E-state index contributed by atoms with van der Waals surface area (Å²) in [5.41, 5.74) is 5.79. The first-order valence-corrected chi connectivity index (χ1v) is 6.28. The Kier molecular flexibility index (Phi) is 5.01. The van der Waals surface area contributed by atoms with E-state index in [0.717, 1.165) is 5.75 Å². The van der Waals surface area contributed by atoms with Gasteiger partial charge in [-0.1, -0.05) is 5.92 Å². The Bertz CT molecular complexity index is 370. The lowest BCUT2D eigenvalue weighted by Crippen LogP contribution is -2.26. The van der Waals surface area contributed by atoms with E-state index >= 15 is 0 Å². The molecule has 80 valence electrons. The SMILES string of the molecule is C#CCSCCNC(=O)c1csc(N)n1. The van der Waals surface area contributed by atoms with E-state index in [1.165, 1.54) is 11.3 Å². The summed E-state index contributed by atoms with van der Waals surface area (Å²) in [5.74, 6) is 3.79. The molecule has 0 atom stereocenters. The zero-order valence-electron chi connectivity index (χ0n) is 8.03. The number of nitrogens with two attached hydrogens (primary N) is 1. The maximum atomic E-state index is 11.4. The fraction of sp³-hybridized carbons (Fsp3) is 0.333. The maximum Gasteiger partial charge on any atom is 0.270 e. The molecule has 1 aromatic rings. The Morgan fingerprint density at radius 3 is 3.20 bits per heavy atom. The second-order valence-electron chi connectivity index (χ2n) is 2.58. The zero-order chi connectivity index (χ0) is 11.1. The maximum absolute atomic E-state index is 11.4. The van der Waals surface area contributed by atoms with Gasteiger partial charge in [0.2, 0.25) is 0 Å². The van der Waals surface area contributed by atoms with Crippen molar-refractivity contribution in [3.8, 4) is 12.3 Å². The zero-order valence-corrected chi connectivity index (χ0v) is 9.66. The molecule has 0 spiro atoms. The molecule has 1 heterocycles. The normalized spacial score (nSPS) is 9.53. The van der Waals surface area contributed by atoms with Gasteiger partial charge in [-0.25, -0.2) is 4.98 Å². The van der Waals surface area contributed by atoms with Crippen LogP contribution in [-0.2, 0) is 0 Å². The molecule has 15 heavy (non-hydrogen) atoms. The molecule has 0 aromatic carbocycles. The van der Waals surface area contributed by atoms with Gasteiger partial charge in [-0.05, 0) is 0 Å². The number of nitrogen functional groups attached to an aromatic ring is 1. The van der Waals surface area contributed by atoms with Crippen molar-refractivity contribution in [3.63, 3.8) is 0 Å². The number of hydrogen-bond donors (Lipinski definition) is 2. The second kappa shape index (κ2) is 6.32. The third-order valence-corrected chi connectivity index (χ3v) is 3.01. The van der Waals surface area contributed by atoms with Gasteiger partial charge in [0.1, 0.15) is 5.69 Å².